The first kappa shape index (κ1) is 14.2. The highest BCUT2D eigenvalue weighted by Crippen LogP contribution is 2.13. The van der Waals surface area contributed by atoms with E-state index in [9.17, 15) is 0 Å². The number of fused-ring (bicyclic) bond motifs is 1. The number of nitrogens with zero attached hydrogens (tertiary/aromatic N) is 4. The van der Waals surface area contributed by atoms with E-state index >= 15 is 0 Å². The van der Waals surface area contributed by atoms with Crippen LogP contribution in [0.3, 0.4) is 0 Å². The van der Waals surface area contributed by atoms with Crippen LogP contribution in [0.1, 0.15) is 28.9 Å². The lowest BCUT2D eigenvalue weighted by atomic mass is 10.1. The van der Waals surface area contributed by atoms with Gasteiger partial charge >= 0.3 is 0 Å². The summed E-state index contributed by atoms with van der Waals surface area (Å²) in [5.74, 6) is 0. The van der Waals surface area contributed by atoms with Crippen LogP contribution in [-0.2, 0) is 26.2 Å². The maximum absolute atomic E-state index is 4.74. The molecule has 1 aliphatic heterocycles. The van der Waals surface area contributed by atoms with E-state index in [0.29, 0.717) is 0 Å². The number of aromatic nitrogens is 3. The minimum atomic E-state index is 0.877. The molecular weight excluding hydrogens is 262 g/mol. The number of rotatable bonds is 4. The number of hydrogen-bond donors (Lipinski definition) is 1. The molecule has 1 aliphatic rings. The Hall–Kier alpha value is -1.72. The van der Waals surface area contributed by atoms with Crippen LogP contribution in [-0.4, -0.2) is 33.3 Å². The van der Waals surface area contributed by atoms with E-state index in [2.05, 4.69) is 46.0 Å². The summed E-state index contributed by atoms with van der Waals surface area (Å²) in [4.78, 5) is 6.45. The Balaban J connectivity index is 1.65. The smallest absolute Gasteiger partial charge is 0.0768 e. The van der Waals surface area contributed by atoms with Crippen LogP contribution in [0.5, 0.6) is 0 Å². The van der Waals surface area contributed by atoms with Crippen LogP contribution < -0.4 is 5.32 Å². The van der Waals surface area contributed by atoms with E-state index in [1.54, 1.807) is 0 Å². The fourth-order valence-electron chi connectivity index (χ4n) is 2.80. The molecule has 0 bridgehead atoms. The number of pyridine rings is 1. The van der Waals surface area contributed by atoms with Gasteiger partial charge in [-0.1, -0.05) is 0 Å². The highest BCUT2D eigenvalue weighted by molar-refractivity contribution is 5.21. The van der Waals surface area contributed by atoms with Crippen molar-refractivity contribution >= 4 is 0 Å². The molecule has 0 spiro atoms. The van der Waals surface area contributed by atoms with E-state index in [4.69, 9.17) is 5.10 Å². The Morgan fingerprint density at radius 3 is 3.14 bits per heavy atom. The lowest BCUT2D eigenvalue weighted by molar-refractivity contribution is 0.312. The molecule has 5 nitrogen and oxygen atoms in total. The van der Waals surface area contributed by atoms with Crippen molar-refractivity contribution < 1.29 is 0 Å². The quantitative estimate of drug-likeness (QED) is 0.929. The molecule has 0 radical (unpaired) electrons. The van der Waals surface area contributed by atoms with E-state index < -0.39 is 0 Å². The monoisotopic (exact) mass is 285 g/mol. The van der Waals surface area contributed by atoms with E-state index in [0.717, 1.165) is 44.8 Å². The average molecular weight is 285 g/mol. The van der Waals surface area contributed by atoms with Crippen LogP contribution in [0.2, 0.25) is 0 Å². The summed E-state index contributed by atoms with van der Waals surface area (Å²) >= 11 is 0. The first-order chi connectivity index (χ1) is 10.2. The predicted octanol–water partition coefficient (Wildman–Crippen LogP) is 1.71. The fraction of sp³-hybridized carbons (Fsp3) is 0.500. The lowest BCUT2D eigenvalue weighted by Crippen LogP contribution is -2.18. The van der Waals surface area contributed by atoms with Crippen LogP contribution in [0, 0.1) is 6.92 Å². The lowest BCUT2D eigenvalue weighted by Gasteiger charge is -2.16. The van der Waals surface area contributed by atoms with Gasteiger partial charge in [-0.25, -0.2) is 0 Å². The second-order valence-corrected chi connectivity index (χ2v) is 5.85. The van der Waals surface area contributed by atoms with Gasteiger partial charge in [0.2, 0.25) is 0 Å². The summed E-state index contributed by atoms with van der Waals surface area (Å²) in [5, 5.41) is 8.17. The fourth-order valence-corrected chi connectivity index (χ4v) is 2.80. The summed E-state index contributed by atoms with van der Waals surface area (Å²) in [6, 6.07) is 4.33. The molecule has 2 aromatic rings. The molecule has 5 heteroatoms. The Bertz CT molecular complexity index is 581. The SMILES string of the molecule is Cc1cnccc1CN(C)Cc1cc2n(n1)CCCNC2. The van der Waals surface area contributed by atoms with Gasteiger partial charge in [-0.15, -0.1) is 0 Å². The third-order valence-corrected chi connectivity index (χ3v) is 3.95. The van der Waals surface area contributed by atoms with Gasteiger partial charge in [0, 0.05) is 38.6 Å². The van der Waals surface area contributed by atoms with Crippen molar-refractivity contribution in [1.82, 2.24) is 25.0 Å². The van der Waals surface area contributed by atoms with Gasteiger partial charge in [0.05, 0.1) is 11.4 Å². The third-order valence-electron chi connectivity index (χ3n) is 3.95. The molecule has 0 aromatic carbocycles. The Morgan fingerprint density at radius 2 is 2.29 bits per heavy atom. The molecule has 0 unspecified atom stereocenters. The molecule has 0 aliphatic carbocycles. The van der Waals surface area contributed by atoms with E-state index in [-0.39, 0.29) is 0 Å². The van der Waals surface area contributed by atoms with Gasteiger partial charge in [-0.05, 0) is 50.2 Å². The first-order valence-corrected chi connectivity index (χ1v) is 7.57. The topological polar surface area (TPSA) is 46.0 Å². The Morgan fingerprint density at radius 1 is 1.38 bits per heavy atom. The van der Waals surface area contributed by atoms with Crippen molar-refractivity contribution in [3.63, 3.8) is 0 Å². The standard InChI is InChI=1S/C16H23N5/c1-13-9-18-6-4-14(13)11-20(2)12-15-8-16-10-17-5-3-7-21(16)19-15/h4,6,8-9,17H,3,5,7,10-12H2,1-2H3. The van der Waals surface area contributed by atoms with Crippen molar-refractivity contribution in [2.45, 2.75) is 39.5 Å². The summed E-state index contributed by atoms with van der Waals surface area (Å²) in [7, 11) is 2.14. The van der Waals surface area contributed by atoms with Gasteiger partial charge in [0.1, 0.15) is 0 Å². The zero-order valence-corrected chi connectivity index (χ0v) is 12.8. The summed E-state index contributed by atoms with van der Waals surface area (Å²) < 4.78 is 2.15. The summed E-state index contributed by atoms with van der Waals surface area (Å²) in [6.45, 7) is 6.95. The van der Waals surface area contributed by atoms with Gasteiger partial charge in [0.25, 0.3) is 0 Å². The molecule has 2 aromatic heterocycles. The maximum atomic E-state index is 4.74. The minimum absolute atomic E-state index is 0.877. The number of nitrogens with one attached hydrogen (secondary N) is 1. The molecule has 0 saturated heterocycles. The molecular formula is C16H23N5. The van der Waals surface area contributed by atoms with Gasteiger partial charge in [0.15, 0.2) is 0 Å². The van der Waals surface area contributed by atoms with Crippen LogP contribution in [0.4, 0.5) is 0 Å². The molecule has 3 rings (SSSR count). The largest absolute Gasteiger partial charge is 0.311 e. The molecule has 0 fully saturated rings. The Kier molecular flexibility index (Phi) is 4.31. The summed E-state index contributed by atoms with van der Waals surface area (Å²) in [6.07, 6.45) is 4.94. The highest BCUT2D eigenvalue weighted by atomic mass is 15.3. The second kappa shape index (κ2) is 6.37. The van der Waals surface area contributed by atoms with Gasteiger partial charge in [-0.2, -0.15) is 5.10 Å². The molecule has 112 valence electrons. The van der Waals surface area contributed by atoms with Crippen LogP contribution in [0.15, 0.2) is 24.5 Å². The first-order valence-electron chi connectivity index (χ1n) is 7.57. The predicted molar refractivity (Wildman–Crippen MR) is 82.7 cm³/mol. The number of hydrogen-bond acceptors (Lipinski definition) is 4. The molecule has 0 amide bonds. The zero-order chi connectivity index (χ0) is 14.7. The van der Waals surface area contributed by atoms with Gasteiger partial charge in [-0.3, -0.25) is 14.6 Å². The van der Waals surface area contributed by atoms with Gasteiger partial charge < -0.3 is 5.32 Å². The molecule has 1 N–H and O–H groups in total. The van der Waals surface area contributed by atoms with E-state index in [1.807, 2.05) is 12.4 Å². The minimum Gasteiger partial charge on any atom is -0.311 e. The second-order valence-electron chi connectivity index (χ2n) is 5.85. The summed E-state index contributed by atoms with van der Waals surface area (Å²) in [5.41, 5.74) is 5.03. The van der Waals surface area contributed by atoms with Crippen LogP contribution in [0.25, 0.3) is 0 Å². The van der Waals surface area contributed by atoms with Crippen molar-refractivity contribution in [2.75, 3.05) is 13.6 Å². The van der Waals surface area contributed by atoms with Crippen molar-refractivity contribution in [3.05, 3.63) is 47.0 Å². The zero-order valence-electron chi connectivity index (χ0n) is 12.8. The normalized spacial score (nSPS) is 15.0. The van der Waals surface area contributed by atoms with E-state index in [1.165, 1.54) is 16.8 Å². The highest BCUT2D eigenvalue weighted by Gasteiger charge is 2.12. The molecule has 3 heterocycles. The molecule has 0 saturated carbocycles. The van der Waals surface area contributed by atoms with Crippen molar-refractivity contribution in [1.29, 1.82) is 0 Å². The average Bonchev–Trinajstić information content (AvgIpc) is 2.70. The van der Waals surface area contributed by atoms with Crippen molar-refractivity contribution in [3.8, 4) is 0 Å². The third kappa shape index (κ3) is 3.49. The van der Waals surface area contributed by atoms with Crippen molar-refractivity contribution in [2.24, 2.45) is 0 Å². The Labute approximate surface area is 126 Å². The molecule has 0 atom stereocenters. The van der Waals surface area contributed by atoms with Crippen LogP contribution >= 0.6 is 0 Å². The maximum Gasteiger partial charge on any atom is 0.0768 e. The number of aryl methyl sites for hydroxylation is 2. The molecule has 21 heavy (non-hydrogen) atoms.